The molecule has 0 radical (unpaired) electrons. The molecule has 0 unspecified atom stereocenters. The molecule has 2 fully saturated rings. The molecule has 148 valence electrons. The van der Waals surface area contributed by atoms with Crippen molar-refractivity contribution in [1.82, 2.24) is 0 Å². The van der Waals surface area contributed by atoms with Gasteiger partial charge < -0.3 is 0 Å². The molecule has 0 aliphatic heterocycles. The topological polar surface area (TPSA) is 0 Å². The highest BCUT2D eigenvalue weighted by Gasteiger charge is 2.12. The van der Waals surface area contributed by atoms with Crippen LogP contribution in [0, 0.1) is 11.8 Å². The minimum Gasteiger partial charge on any atom is -0.162 e. The molecule has 0 nitrogen and oxygen atoms in total. The molecule has 0 saturated heterocycles. The molecule has 2 aliphatic rings. The first kappa shape index (κ1) is 22.0. The predicted octanol–water partition coefficient (Wildman–Crippen LogP) is 8.34. The van der Waals surface area contributed by atoms with E-state index in [1.807, 2.05) is 0 Å². The van der Waals surface area contributed by atoms with Crippen LogP contribution in [-0.4, -0.2) is 23.0 Å². The molecule has 0 atom stereocenters. The standard InChI is InChI=1S/C23H44S2/c1-3-7-12-22(13-8-4-1)16-20-24-18-11-19-25-21-17-23-14-9-5-2-6-10-15-23/h22-23H,1-21H2. The minimum atomic E-state index is 1.06. The summed E-state index contributed by atoms with van der Waals surface area (Å²) in [6, 6.07) is 0. The fourth-order valence-electron chi connectivity index (χ4n) is 4.63. The second-order valence-electron chi connectivity index (χ2n) is 8.58. The van der Waals surface area contributed by atoms with Gasteiger partial charge in [0, 0.05) is 0 Å². The van der Waals surface area contributed by atoms with Gasteiger partial charge in [-0.05, 0) is 54.1 Å². The summed E-state index contributed by atoms with van der Waals surface area (Å²) >= 11 is 4.47. The molecule has 0 aromatic rings. The van der Waals surface area contributed by atoms with Gasteiger partial charge in [0.05, 0.1) is 0 Å². The van der Waals surface area contributed by atoms with Crippen molar-refractivity contribution in [2.24, 2.45) is 11.8 Å². The Hall–Kier alpha value is 0.700. The van der Waals surface area contributed by atoms with Gasteiger partial charge in [0.2, 0.25) is 0 Å². The van der Waals surface area contributed by atoms with Gasteiger partial charge in [-0.1, -0.05) is 89.9 Å². The summed E-state index contributed by atoms with van der Waals surface area (Å²) in [6.45, 7) is 0. The first-order chi connectivity index (χ1) is 12.4. The maximum absolute atomic E-state index is 2.24. The second-order valence-corrected chi connectivity index (χ2v) is 11.0. The fourth-order valence-corrected chi connectivity index (χ4v) is 6.91. The van der Waals surface area contributed by atoms with Gasteiger partial charge in [0.15, 0.2) is 0 Å². The van der Waals surface area contributed by atoms with E-state index in [9.17, 15) is 0 Å². The Morgan fingerprint density at radius 2 is 0.800 bits per heavy atom. The van der Waals surface area contributed by atoms with Crippen molar-refractivity contribution >= 4 is 23.5 Å². The third kappa shape index (κ3) is 11.9. The molecule has 0 amide bonds. The highest BCUT2D eigenvalue weighted by molar-refractivity contribution is 8.00. The first-order valence-corrected chi connectivity index (χ1v) is 13.9. The molecule has 0 aromatic carbocycles. The van der Waals surface area contributed by atoms with E-state index >= 15 is 0 Å². The third-order valence-electron chi connectivity index (χ3n) is 6.37. The molecule has 25 heavy (non-hydrogen) atoms. The lowest BCUT2D eigenvalue weighted by Crippen LogP contribution is -2.05. The van der Waals surface area contributed by atoms with E-state index in [-0.39, 0.29) is 0 Å². The fraction of sp³-hybridized carbons (Fsp3) is 1.00. The third-order valence-corrected chi connectivity index (χ3v) is 8.57. The zero-order valence-electron chi connectivity index (χ0n) is 16.8. The van der Waals surface area contributed by atoms with E-state index in [0.29, 0.717) is 0 Å². The molecule has 2 heteroatoms. The molecular weight excluding hydrogens is 340 g/mol. The van der Waals surface area contributed by atoms with E-state index in [1.165, 1.54) is 132 Å². The average molecular weight is 385 g/mol. The number of hydrogen-bond acceptors (Lipinski definition) is 2. The summed E-state index contributed by atoms with van der Waals surface area (Å²) in [7, 11) is 0. The van der Waals surface area contributed by atoms with Gasteiger partial charge in [0.1, 0.15) is 0 Å². The summed E-state index contributed by atoms with van der Waals surface area (Å²) in [5.74, 6) is 7.79. The molecule has 0 spiro atoms. The summed E-state index contributed by atoms with van der Waals surface area (Å²) in [5, 5.41) is 0. The summed E-state index contributed by atoms with van der Waals surface area (Å²) in [4.78, 5) is 0. The van der Waals surface area contributed by atoms with Crippen molar-refractivity contribution in [3.63, 3.8) is 0 Å². The molecule has 0 aromatic heterocycles. The number of hydrogen-bond donors (Lipinski definition) is 0. The van der Waals surface area contributed by atoms with E-state index in [2.05, 4.69) is 23.5 Å². The lowest BCUT2D eigenvalue weighted by molar-refractivity contribution is 0.371. The van der Waals surface area contributed by atoms with Crippen LogP contribution in [0.2, 0.25) is 0 Å². The zero-order valence-corrected chi connectivity index (χ0v) is 18.5. The summed E-state index contributed by atoms with van der Waals surface area (Å²) in [5.41, 5.74) is 0. The summed E-state index contributed by atoms with van der Waals surface area (Å²) < 4.78 is 0. The highest BCUT2D eigenvalue weighted by Crippen LogP contribution is 2.27. The average Bonchev–Trinajstić information content (AvgIpc) is 2.56. The largest absolute Gasteiger partial charge is 0.162 e. The Bertz CT molecular complexity index is 248. The van der Waals surface area contributed by atoms with Gasteiger partial charge in [-0.3, -0.25) is 0 Å². The zero-order chi connectivity index (χ0) is 17.4. The van der Waals surface area contributed by atoms with Crippen LogP contribution in [0.25, 0.3) is 0 Å². The smallest absolute Gasteiger partial charge is 0.00597 e. The van der Waals surface area contributed by atoms with E-state index in [1.54, 1.807) is 0 Å². The van der Waals surface area contributed by atoms with Crippen LogP contribution >= 0.6 is 23.5 Å². The minimum absolute atomic E-state index is 1.06. The number of rotatable bonds is 10. The van der Waals surface area contributed by atoms with Crippen LogP contribution < -0.4 is 0 Å². The van der Waals surface area contributed by atoms with Crippen LogP contribution in [0.4, 0.5) is 0 Å². The maximum atomic E-state index is 2.24. The van der Waals surface area contributed by atoms with Crippen molar-refractivity contribution in [1.29, 1.82) is 0 Å². The molecule has 0 heterocycles. The molecule has 2 saturated carbocycles. The van der Waals surface area contributed by atoms with Crippen molar-refractivity contribution < 1.29 is 0 Å². The van der Waals surface area contributed by atoms with Crippen LogP contribution in [0.15, 0.2) is 0 Å². The second kappa shape index (κ2) is 15.7. The molecule has 2 aliphatic carbocycles. The van der Waals surface area contributed by atoms with Gasteiger partial charge in [-0.25, -0.2) is 0 Å². The van der Waals surface area contributed by atoms with Crippen LogP contribution in [0.1, 0.15) is 109 Å². The lowest BCUT2D eigenvalue weighted by atomic mass is 9.89. The Balaban J connectivity index is 1.35. The quantitative estimate of drug-likeness (QED) is 0.347. The Kier molecular flexibility index (Phi) is 13.8. The maximum Gasteiger partial charge on any atom is -0.00597 e. The lowest BCUT2D eigenvalue weighted by Gasteiger charge is -2.19. The van der Waals surface area contributed by atoms with Gasteiger partial charge >= 0.3 is 0 Å². The van der Waals surface area contributed by atoms with Crippen molar-refractivity contribution in [2.75, 3.05) is 23.0 Å². The van der Waals surface area contributed by atoms with Crippen LogP contribution in [0.5, 0.6) is 0 Å². The van der Waals surface area contributed by atoms with Crippen molar-refractivity contribution in [3.05, 3.63) is 0 Å². The Morgan fingerprint density at radius 1 is 0.440 bits per heavy atom. The SMILES string of the molecule is C1CCCC(CCSCCCSCCC2CCCCCCC2)CCC1. The molecule has 0 bridgehead atoms. The van der Waals surface area contributed by atoms with E-state index in [0.717, 1.165) is 11.8 Å². The van der Waals surface area contributed by atoms with E-state index in [4.69, 9.17) is 0 Å². The molecular formula is C23H44S2. The highest BCUT2D eigenvalue weighted by atomic mass is 32.2. The molecule has 0 N–H and O–H groups in total. The van der Waals surface area contributed by atoms with Crippen LogP contribution in [-0.2, 0) is 0 Å². The first-order valence-electron chi connectivity index (χ1n) is 11.6. The summed E-state index contributed by atoms with van der Waals surface area (Å²) in [6.07, 6.45) is 25.6. The number of thioether (sulfide) groups is 2. The van der Waals surface area contributed by atoms with Gasteiger partial charge in [-0.15, -0.1) is 0 Å². The van der Waals surface area contributed by atoms with Gasteiger partial charge in [-0.2, -0.15) is 23.5 Å². The predicted molar refractivity (Wildman–Crippen MR) is 120 cm³/mol. The monoisotopic (exact) mass is 384 g/mol. The normalized spacial score (nSPS) is 22.1. The Labute approximate surface area is 167 Å². The van der Waals surface area contributed by atoms with Gasteiger partial charge in [0.25, 0.3) is 0 Å². The Morgan fingerprint density at radius 3 is 1.20 bits per heavy atom. The van der Waals surface area contributed by atoms with Crippen molar-refractivity contribution in [2.45, 2.75) is 109 Å². The van der Waals surface area contributed by atoms with E-state index < -0.39 is 0 Å². The van der Waals surface area contributed by atoms with Crippen molar-refractivity contribution in [3.8, 4) is 0 Å². The van der Waals surface area contributed by atoms with Crippen LogP contribution in [0.3, 0.4) is 0 Å². The molecule has 2 rings (SSSR count).